The molecule has 0 aliphatic carbocycles. The van der Waals surface area contributed by atoms with Crippen LogP contribution in [0.15, 0.2) is 12.1 Å². The first-order valence-corrected chi connectivity index (χ1v) is 7.19. The van der Waals surface area contributed by atoms with Gasteiger partial charge in [0.2, 0.25) is 4.77 Å². The maximum absolute atomic E-state index is 6.10. The molecule has 0 spiro atoms. The van der Waals surface area contributed by atoms with Gasteiger partial charge in [0.05, 0.1) is 20.8 Å². The van der Waals surface area contributed by atoms with Gasteiger partial charge in [0, 0.05) is 23.1 Å². The Labute approximate surface area is 133 Å². The molecule has 2 rings (SSSR count). The number of aryl methyl sites for hydroxylation is 1. The first-order valence-electron chi connectivity index (χ1n) is 6.41. The highest BCUT2D eigenvalue weighted by molar-refractivity contribution is 7.71. The minimum absolute atomic E-state index is 0.473. The van der Waals surface area contributed by atoms with Crippen LogP contribution in [0.5, 0.6) is 11.5 Å². The van der Waals surface area contributed by atoms with Gasteiger partial charge in [-0.3, -0.25) is 5.10 Å². The number of benzene rings is 1. The van der Waals surface area contributed by atoms with E-state index >= 15 is 0 Å². The molecule has 1 heterocycles. The van der Waals surface area contributed by atoms with Crippen molar-refractivity contribution in [2.24, 2.45) is 0 Å². The molecule has 0 aliphatic rings. The van der Waals surface area contributed by atoms with Gasteiger partial charge in [0.1, 0.15) is 0 Å². The van der Waals surface area contributed by atoms with Crippen LogP contribution in [0.4, 0.5) is 0 Å². The van der Waals surface area contributed by atoms with Gasteiger partial charge in [-0.1, -0.05) is 18.5 Å². The number of hydrogen-bond donors (Lipinski definition) is 2. The number of methoxy groups -OCH3 is 2. The summed E-state index contributed by atoms with van der Waals surface area (Å²) < 4.78 is 12.9. The van der Waals surface area contributed by atoms with Crippen LogP contribution in [0.2, 0.25) is 5.02 Å². The van der Waals surface area contributed by atoms with Crippen molar-refractivity contribution < 1.29 is 9.47 Å². The summed E-state index contributed by atoms with van der Waals surface area (Å²) >= 11 is 11.3. The largest absolute Gasteiger partial charge is 0.493 e. The van der Waals surface area contributed by atoms with E-state index < -0.39 is 0 Å². The van der Waals surface area contributed by atoms with Crippen molar-refractivity contribution in [3.05, 3.63) is 33.3 Å². The number of nitrogens with one attached hydrogen (secondary N) is 2. The highest BCUT2D eigenvalue weighted by atomic mass is 35.5. The van der Waals surface area contributed by atoms with Crippen LogP contribution >= 0.6 is 23.8 Å². The van der Waals surface area contributed by atoms with Crippen molar-refractivity contribution in [3.63, 3.8) is 0 Å². The number of aromatic nitrogens is 3. The third kappa shape index (κ3) is 3.30. The van der Waals surface area contributed by atoms with Gasteiger partial charge in [-0.2, -0.15) is 5.10 Å². The molecule has 0 saturated heterocycles. The van der Waals surface area contributed by atoms with Crippen LogP contribution in [0.3, 0.4) is 0 Å². The topological polar surface area (TPSA) is 64.1 Å². The Bertz CT molecular complexity index is 683. The Hall–Kier alpha value is -1.73. The predicted octanol–water partition coefficient (Wildman–Crippen LogP) is 2.92. The fourth-order valence-corrected chi connectivity index (χ4v) is 2.48. The number of halogens is 1. The van der Waals surface area contributed by atoms with Crippen LogP contribution < -0.4 is 14.9 Å². The maximum atomic E-state index is 6.10. The van der Waals surface area contributed by atoms with E-state index in [1.165, 1.54) is 0 Å². The zero-order chi connectivity index (χ0) is 15.4. The van der Waals surface area contributed by atoms with E-state index in [1.807, 2.05) is 13.0 Å². The first kappa shape index (κ1) is 15.7. The first-order chi connectivity index (χ1) is 10.1. The van der Waals surface area contributed by atoms with Crippen LogP contribution in [-0.4, -0.2) is 29.1 Å². The lowest BCUT2D eigenvalue weighted by atomic mass is 10.2. The summed E-state index contributed by atoms with van der Waals surface area (Å²) in [5, 5.41) is 7.48. The van der Waals surface area contributed by atoms with Gasteiger partial charge < -0.3 is 14.9 Å². The smallest absolute Gasteiger partial charge is 0.214 e. The second-order valence-corrected chi connectivity index (χ2v) is 5.09. The number of rotatable bonds is 6. The monoisotopic (exact) mass is 328 g/mol. The lowest BCUT2D eigenvalue weighted by Gasteiger charge is -2.15. The molecule has 0 unspecified atom stereocenters. The van der Waals surface area contributed by atoms with E-state index in [2.05, 4.69) is 15.6 Å². The molecule has 0 amide bonds. The highest BCUT2D eigenvalue weighted by Crippen LogP contribution is 2.34. The molecule has 0 radical (unpaired) electrons. The zero-order valence-corrected chi connectivity index (χ0v) is 13.6. The average molecular weight is 329 g/mol. The Balaban J connectivity index is 2.29. The Morgan fingerprint density at radius 3 is 2.76 bits per heavy atom. The average Bonchev–Trinajstić information content (AvgIpc) is 2.84. The normalized spacial score (nSPS) is 10.5. The number of hydrogen-bond acceptors (Lipinski definition) is 5. The molecule has 0 fully saturated rings. The Kier molecular flexibility index (Phi) is 5.08. The van der Waals surface area contributed by atoms with Crippen LogP contribution in [0.1, 0.15) is 18.3 Å². The molecule has 114 valence electrons. The molecule has 1 aromatic carbocycles. The predicted molar refractivity (Wildman–Crippen MR) is 84.4 cm³/mol. The molecular weight excluding hydrogens is 312 g/mol. The van der Waals surface area contributed by atoms with Crippen molar-refractivity contribution in [1.82, 2.24) is 14.9 Å². The molecule has 2 N–H and O–H groups in total. The number of ether oxygens (including phenoxy) is 2. The van der Waals surface area contributed by atoms with Gasteiger partial charge in [0.15, 0.2) is 17.3 Å². The second-order valence-electron chi connectivity index (χ2n) is 4.27. The lowest BCUT2D eigenvalue weighted by molar-refractivity contribution is 0.352. The van der Waals surface area contributed by atoms with E-state index in [1.54, 1.807) is 25.0 Å². The summed E-state index contributed by atoms with van der Waals surface area (Å²) in [4.78, 5) is 0. The molecule has 1 aromatic heterocycles. The maximum Gasteiger partial charge on any atom is 0.214 e. The summed E-state index contributed by atoms with van der Waals surface area (Å²) in [5.74, 6) is 2.06. The van der Waals surface area contributed by atoms with Crippen molar-refractivity contribution >= 4 is 23.8 Å². The number of H-pyrrole nitrogens is 1. The van der Waals surface area contributed by atoms with Gasteiger partial charge >= 0.3 is 0 Å². The van der Waals surface area contributed by atoms with E-state index in [0.717, 1.165) is 17.8 Å². The third-order valence-electron chi connectivity index (χ3n) is 3.01. The summed E-state index contributed by atoms with van der Waals surface area (Å²) in [7, 11) is 3.17. The van der Waals surface area contributed by atoms with E-state index in [9.17, 15) is 0 Å². The minimum atomic E-state index is 0.473. The minimum Gasteiger partial charge on any atom is -0.493 e. The fourth-order valence-electron chi connectivity index (χ4n) is 2.03. The zero-order valence-electron chi connectivity index (χ0n) is 12.1. The Morgan fingerprint density at radius 1 is 1.38 bits per heavy atom. The molecule has 0 bridgehead atoms. The lowest BCUT2D eigenvalue weighted by Crippen LogP contribution is -2.17. The van der Waals surface area contributed by atoms with Crippen molar-refractivity contribution in [2.45, 2.75) is 19.9 Å². The van der Waals surface area contributed by atoms with Crippen LogP contribution in [-0.2, 0) is 13.0 Å². The van der Waals surface area contributed by atoms with Crippen LogP contribution in [0.25, 0.3) is 0 Å². The van der Waals surface area contributed by atoms with Crippen LogP contribution in [0, 0.1) is 4.77 Å². The molecular formula is C13H17ClN4O2S. The Morgan fingerprint density at radius 2 is 2.14 bits per heavy atom. The standard InChI is InChI=1S/C13H17ClN4O2S/c1-4-11-16-17-13(21)18(11)15-7-8-5-9(14)6-10(19-2)12(8)20-3/h5-6,15H,4,7H2,1-3H3,(H,17,21). The summed E-state index contributed by atoms with van der Waals surface area (Å²) in [5.41, 5.74) is 4.07. The molecule has 6 nitrogen and oxygen atoms in total. The molecule has 0 saturated carbocycles. The SMILES string of the molecule is CCc1n[nH]c(=S)n1NCc1cc(Cl)cc(OC)c1OC. The van der Waals surface area contributed by atoms with E-state index in [4.69, 9.17) is 33.3 Å². The molecule has 2 aromatic rings. The van der Waals surface area contributed by atoms with Crippen molar-refractivity contribution in [1.29, 1.82) is 0 Å². The van der Waals surface area contributed by atoms with Gasteiger partial charge in [-0.15, -0.1) is 0 Å². The van der Waals surface area contributed by atoms with E-state index in [0.29, 0.717) is 27.8 Å². The third-order valence-corrected chi connectivity index (χ3v) is 3.50. The fraction of sp³-hybridized carbons (Fsp3) is 0.385. The summed E-state index contributed by atoms with van der Waals surface area (Å²) in [6.45, 7) is 2.48. The van der Waals surface area contributed by atoms with Crippen molar-refractivity contribution in [3.8, 4) is 11.5 Å². The number of aromatic amines is 1. The van der Waals surface area contributed by atoms with E-state index in [-0.39, 0.29) is 0 Å². The molecule has 8 heteroatoms. The van der Waals surface area contributed by atoms with Crippen molar-refractivity contribution in [2.75, 3.05) is 19.6 Å². The molecule has 21 heavy (non-hydrogen) atoms. The second kappa shape index (κ2) is 6.82. The summed E-state index contributed by atoms with van der Waals surface area (Å²) in [6.07, 6.45) is 0.760. The summed E-state index contributed by atoms with van der Waals surface area (Å²) in [6, 6.07) is 3.54. The van der Waals surface area contributed by atoms with Gasteiger partial charge in [-0.05, 0) is 18.3 Å². The molecule has 0 atom stereocenters. The highest BCUT2D eigenvalue weighted by Gasteiger charge is 2.12. The molecule has 0 aliphatic heterocycles. The number of nitrogens with zero attached hydrogens (tertiary/aromatic N) is 2. The van der Waals surface area contributed by atoms with Gasteiger partial charge in [0.25, 0.3) is 0 Å². The van der Waals surface area contributed by atoms with Gasteiger partial charge in [-0.25, -0.2) is 4.68 Å². The quantitative estimate of drug-likeness (QED) is 0.798.